The first-order valence-corrected chi connectivity index (χ1v) is 5.81. The number of aliphatic hydroxyl groups is 1. The maximum atomic E-state index is 8.62. The standard InChI is InChI=1S/C13H21NO2.ClH/c1-16-13-7-5-12(6-8-13)11-14-9-3-2-4-10-15;/h5-8,14-15H,2-4,9-11H2,1H3;1H. The Hall–Kier alpha value is -0.770. The highest BCUT2D eigenvalue weighted by Gasteiger charge is 1.94. The molecule has 0 radical (unpaired) electrons. The van der Waals surface area contributed by atoms with E-state index in [0.717, 1.165) is 38.1 Å². The van der Waals surface area contributed by atoms with Crippen LogP contribution in [0.25, 0.3) is 0 Å². The second-order valence-corrected chi connectivity index (χ2v) is 3.81. The van der Waals surface area contributed by atoms with Crippen LogP contribution in [0.3, 0.4) is 0 Å². The summed E-state index contributed by atoms with van der Waals surface area (Å²) in [4.78, 5) is 0. The Balaban J connectivity index is 0.00000256. The first kappa shape index (κ1) is 16.2. The lowest BCUT2D eigenvalue weighted by Crippen LogP contribution is -2.14. The number of unbranched alkanes of at least 4 members (excludes halogenated alkanes) is 2. The Labute approximate surface area is 110 Å². The number of benzene rings is 1. The Bertz CT molecular complexity index is 277. The molecule has 0 aromatic heterocycles. The fourth-order valence-electron chi connectivity index (χ4n) is 1.51. The van der Waals surface area contributed by atoms with E-state index in [4.69, 9.17) is 9.84 Å². The van der Waals surface area contributed by atoms with Crippen LogP contribution >= 0.6 is 12.4 Å². The second kappa shape index (κ2) is 10.4. The molecule has 1 aromatic carbocycles. The Morgan fingerprint density at radius 2 is 1.82 bits per heavy atom. The van der Waals surface area contributed by atoms with E-state index in [1.165, 1.54) is 5.56 Å². The summed E-state index contributed by atoms with van der Waals surface area (Å²) in [5.41, 5.74) is 1.27. The van der Waals surface area contributed by atoms with Gasteiger partial charge in [-0.05, 0) is 43.5 Å². The molecule has 3 nitrogen and oxygen atoms in total. The lowest BCUT2D eigenvalue weighted by Gasteiger charge is -2.05. The van der Waals surface area contributed by atoms with Gasteiger partial charge < -0.3 is 15.2 Å². The van der Waals surface area contributed by atoms with Gasteiger partial charge >= 0.3 is 0 Å². The van der Waals surface area contributed by atoms with Gasteiger partial charge in [-0.15, -0.1) is 12.4 Å². The molecule has 0 saturated carbocycles. The van der Waals surface area contributed by atoms with Gasteiger partial charge in [0.1, 0.15) is 5.75 Å². The Morgan fingerprint density at radius 3 is 2.41 bits per heavy atom. The molecule has 0 aliphatic heterocycles. The van der Waals surface area contributed by atoms with Gasteiger partial charge in [-0.3, -0.25) is 0 Å². The van der Waals surface area contributed by atoms with Crippen LogP contribution < -0.4 is 10.1 Å². The highest BCUT2D eigenvalue weighted by molar-refractivity contribution is 5.85. The molecule has 98 valence electrons. The molecule has 0 amide bonds. The van der Waals surface area contributed by atoms with Crippen molar-refractivity contribution in [3.63, 3.8) is 0 Å². The van der Waals surface area contributed by atoms with Crippen molar-refractivity contribution >= 4 is 12.4 Å². The minimum absolute atomic E-state index is 0. The number of ether oxygens (including phenoxy) is 1. The summed E-state index contributed by atoms with van der Waals surface area (Å²) in [5.74, 6) is 0.895. The van der Waals surface area contributed by atoms with Crippen LogP contribution in [-0.2, 0) is 6.54 Å². The van der Waals surface area contributed by atoms with Gasteiger partial charge in [-0.25, -0.2) is 0 Å². The Kier molecular flexibility index (Phi) is 9.92. The van der Waals surface area contributed by atoms with E-state index in [2.05, 4.69) is 17.4 Å². The van der Waals surface area contributed by atoms with Crippen molar-refractivity contribution in [1.82, 2.24) is 5.32 Å². The van der Waals surface area contributed by atoms with Crippen LogP contribution in [0.4, 0.5) is 0 Å². The molecule has 0 spiro atoms. The minimum atomic E-state index is 0. The van der Waals surface area contributed by atoms with Crippen LogP contribution in [0.1, 0.15) is 24.8 Å². The first-order chi connectivity index (χ1) is 7.86. The number of rotatable bonds is 8. The van der Waals surface area contributed by atoms with Gasteiger partial charge in [-0.1, -0.05) is 12.1 Å². The summed E-state index contributed by atoms with van der Waals surface area (Å²) in [6, 6.07) is 8.09. The van der Waals surface area contributed by atoms with Gasteiger partial charge in [0.25, 0.3) is 0 Å². The van der Waals surface area contributed by atoms with E-state index in [9.17, 15) is 0 Å². The molecule has 17 heavy (non-hydrogen) atoms. The first-order valence-electron chi connectivity index (χ1n) is 5.81. The van der Waals surface area contributed by atoms with Gasteiger partial charge in [0.05, 0.1) is 7.11 Å². The van der Waals surface area contributed by atoms with Gasteiger partial charge in [0.2, 0.25) is 0 Å². The summed E-state index contributed by atoms with van der Waals surface area (Å²) in [6.07, 6.45) is 3.12. The van der Waals surface area contributed by atoms with Crippen LogP contribution in [0.5, 0.6) is 5.75 Å². The molecule has 0 fully saturated rings. The van der Waals surface area contributed by atoms with Crippen LogP contribution in [-0.4, -0.2) is 25.4 Å². The SMILES string of the molecule is COc1ccc(CNCCCCCO)cc1.Cl. The average Bonchev–Trinajstić information content (AvgIpc) is 2.34. The van der Waals surface area contributed by atoms with Crippen molar-refractivity contribution in [2.45, 2.75) is 25.8 Å². The summed E-state index contributed by atoms with van der Waals surface area (Å²) in [7, 11) is 1.68. The largest absolute Gasteiger partial charge is 0.497 e. The van der Waals surface area contributed by atoms with Crippen molar-refractivity contribution in [3.05, 3.63) is 29.8 Å². The van der Waals surface area contributed by atoms with E-state index < -0.39 is 0 Å². The molecule has 1 rings (SSSR count). The van der Waals surface area contributed by atoms with Crippen molar-refractivity contribution < 1.29 is 9.84 Å². The number of aliphatic hydroxyl groups excluding tert-OH is 1. The van der Waals surface area contributed by atoms with Crippen molar-refractivity contribution in [2.24, 2.45) is 0 Å². The molecule has 0 saturated heterocycles. The smallest absolute Gasteiger partial charge is 0.118 e. The third-order valence-corrected chi connectivity index (χ3v) is 2.50. The molecule has 2 N–H and O–H groups in total. The van der Waals surface area contributed by atoms with E-state index in [1.807, 2.05) is 12.1 Å². The molecule has 0 bridgehead atoms. The number of nitrogens with one attached hydrogen (secondary N) is 1. The van der Waals surface area contributed by atoms with E-state index >= 15 is 0 Å². The highest BCUT2D eigenvalue weighted by Crippen LogP contribution is 2.10. The van der Waals surface area contributed by atoms with Gasteiger partial charge in [-0.2, -0.15) is 0 Å². The van der Waals surface area contributed by atoms with Crippen LogP contribution in [0, 0.1) is 0 Å². The predicted molar refractivity (Wildman–Crippen MR) is 72.9 cm³/mol. The second-order valence-electron chi connectivity index (χ2n) is 3.81. The van der Waals surface area contributed by atoms with Crippen molar-refractivity contribution in [2.75, 3.05) is 20.3 Å². The average molecular weight is 260 g/mol. The fourth-order valence-corrected chi connectivity index (χ4v) is 1.51. The Morgan fingerprint density at radius 1 is 1.12 bits per heavy atom. The van der Waals surface area contributed by atoms with Crippen molar-refractivity contribution in [3.8, 4) is 5.75 Å². The number of halogens is 1. The van der Waals surface area contributed by atoms with Crippen LogP contribution in [0.15, 0.2) is 24.3 Å². The summed E-state index contributed by atoms with van der Waals surface area (Å²) < 4.78 is 5.10. The molecule has 0 aliphatic rings. The lowest BCUT2D eigenvalue weighted by molar-refractivity contribution is 0.283. The summed E-state index contributed by atoms with van der Waals surface area (Å²) in [6.45, 7) is 2.20. The summed E-state index contributed by atoms with van der Waals surface area (Å²) >= 11 is 0. The minimum Gasteiger partial charge on any atom is -0.497 e. The molecule has 0 atom stereocenters. The maximum Gasteiger partial charge on any atom is 0.118 e. The number of methoxy groups -OCH3 is 1. The summed E-state index contributed by atoms with van der Waals surface area (Å²) in [5, 5.41) is 12.0. The molecule has 0 unspecified atom stereocenters. The quantitative estimate of drug-likeness (QED) is 0.705. The van der Waals surface area contributed by atoms with E-state index in [1.54, 1.807) is 7.11 Å². The molecule has 0 aliphatic carbocycles. The number of hydrogen-bond acceptors (Lipinski definition) is 3. The molecule has 1 aromatic rings. The van der Waals surface area contributed by atoms with E-state index in [0.29, 0.717) is 6.61 Å². The topological polar surface area (TPSA) is 41.5 Å². The predicted octanol–water partition coefficient (Wildman–Crippen LogP) is 2.37. The van der Waals surface area contributed by atoms with Gasteiger partial charge in [0, 0.05) is 13.2 Å². The molecular formula is C13H22ClNO2. The fraction of sp³-hybridized carbons (Fsp3) is 0.538. The molecular weight excluding hydrogens is 238 g/mol. The highest BCUT2D eigenvalue weighted by atomic mass is 35.5. The zero-order chi connectivity index (χ0) is 11.6. The third kappa shape index (κ3) is 7.21. The van der Waals surface area contributed by atoms with Crippen LogP contribution in [0.2, 0.25) is 0 Å². The third-order valence-electron chi connectivity index (χ3n) is 2.50. The lowest BCUT2D eigenvalue weighted by atomic mass is 10.2. The zero-order valence-corrected chi connectivity index (χ0v) is 11.1. The zero-order valence-electron chi connectivity index (χ0n) is 10.3. The monoisotopic (exact) mass is 259 g/mol. The van der Waals surface area contributed by atoms with E-state index in [-0.39, 0.29) is 12.4 Å². The number of hydrogen-bond donors (Lipinski definition) is 2. The van der Waals surface area contributed by atoms with Gasteiger partial charge in [0.15, 0.2) is 0 Å². The van der Waals surface area contributed by atoms with Crippen molar-refractivity contribution in [1.29, 1.82) is 0 Å². The molecule has 4 heteroatoms. The molecule has 0 heterocycles. The maximum absolute atomic E-state index is 8.62. The normalized spacial score (nSPS) is 9.76.